The van der Waals surface area contributed by atoms with Crippen molar-refractivity contribution in [2.24, 2.45) is 0 Å². The van der Waals surface area contributed by atoms with Crippen LogP contribution in [0.2, 0.25) is 0 Å². The van der Waals surface area contributed by atoms with E-state index in [0.717, 1.165) is 51.0 Å². The average molecular weight is 546 g/mol. The first kappa shape index (κ1) is 26.5. The topological polar surface area (TPSA) is 104 Å². The van der Waals surface area contributed by atoms with Crippen LogP contribution >= 0.6 is 0 Å². The number of ketones is 1. The molecule has 0 bridgehead atoms. The molecule has 0 spiro atoms. The van der Waals surface area contributed by atoms with Gasteiger partial charge in [0.1, 0.15) is 5.52 Å². The standard InChI is InChI=1S/C34H31N3O4/c1-21-7-5-6-10-28(21)36-34-37-29-14-11-22(18-31(29)41-34)17-30(38)33-26-13-12-24(19-25(26)15-16-35-33)27(20-32(39)40)23-8-3-2-4-9-23/h2-14,18-19,27,33,35H,15-17,20H2,1H3,(H,36,37)(H,39,40). The van der Waals surface area contributed by atoms with Crippen molar-refractivity contribution < 1.29 is 19.1 Å². The maximum atomic E-state index is 13.5. The molecule has 0 fully saturated rings. The lowest BCUT2D eigenvalue weighted by Gasteiger charge is -2.28. The number of anilines is 2. The van der Waals surface area contributed by atoms with Crippen LogP contribution in [0.1, 0.15) is 51.8 Å². The summed E-state index contributed by atoms with van der Waals surface area (Å²) in [4.78, 5) is 29.7. The van der Waals surface area contributed by atoms with Gasteiger partial charge in [0, 0.05) is 24.6 Å². The van der Waals surface area contributed by atoms with E-state index in [2.05, 4.69) is 21.7 Å². The predicted octanol–water partition coefficient (Wildman–Crippen LogP) is 6.49. The highest BCUT2D eigenvalue weighted by Gasteiger charge is 2.28. The number of rotatable bonds is 9. The van der Waals surface area contributed by atoms with Gasteiger partial charge >= 0.3 is 5.97 Å². The van der Waals surface area contributed by atoms with E-state index in [1.165, 1.54) is 0 Å². The zero-order valence-corrected chi connectivity index (χ0v) is 22.8. The van der Waals surface area contributed by atoms with Gasteiger partial charge in [0.2, 0.25) is 0 Å². The third kappa shape index (κ3) is 5.76. The molecule has 0 radical (unpaired) electrons. The molecule has 7 heteroatoms. The van der Waals surface area contributed by atoms with Crippen molar-refractivity contribution in [1.29, 1.82) is 0 Å². The molecule has 206 valence electrons. The van der Waals surface area contributed by atoms with E-state index >= 15 is 0 Å². The van der Waals surface area contributed by atoms with Crippen LogP contribution in [0.5, 0.6) is 0 Å². The number of nitrogens with one attached hydrogen (secondary N) is 2. The van der Waals surface area contributed by atoms with Crippen molar-refractivity contribution in [2.75, 3.05) is 11.9 Å². The van der Waals surface area contributed by atoms with Crippen LogP contribution in [0.4, 0.5) is 11.7 Å². The first-order chi connectivity index (χ1) is 19.9. The third-order valence-electron chi connectivity index (χ3n) is 7.74. The second-order valence-electron chi connectivity index (χ2n) is 10.6. The number of carbonyl (C=O) groups is 2. The Labute approximate surface area is 238 Å². The molecule has 3 N–H and O–H groups in total. The molecule has 2 atom stereocenters. The van der Waals surface area contributed by atoms with Crippen molar-refractivity contribution >= 4 is 34.6 Å². The number of nitrogens with zero attached hydrogens (tertiary/aromatic N) is 1. The summed E-state index contributed by atoms with van der Waals surface area (Å²) in [7, 11) is 0. The molecule has 41 heavy (non-hydrogen) atoms. The Morgan fingerprint density at radius 3 is 2.61 bits per heavy atom. The fourth-order valence-electron chi connectivity index (χ4n) is 5.64. The monoisotopic (exact) mass is 545 g/mol. The van der Waals surface area contributed by atoms with Crippen LogP contribution in [0.25, 0.3) is 11.1 Å². The summed E-state index contributed by atoms with van der Waals surface area (Å²) in [5.41, 5.74) is 8.19. The fraction of sp³-hybridized carbons (Fsp3) is 0.206. The second-order valence-corrected chi connectivity index (χ2v) is 10.6. The molecule has 1 aliphatic heterocycles. The van der Waals surface area contributed by atoms with E-state index in [4.69, 9.17) is 4.42 Å². The molecule has 5 aromatic rings. The van der Waals surface area contributed by atoms with E-state index in [-0.39, 0.29) is 24.5 Å². The highest BCUT2D eigenvalue weighted by atomic mass is 16.4. The lowest BCUT2D eigenvalue weighted by atomic mass is 9.83. The molecule has 4 aromatic carbocycles. The smallest absolute Gasteiger partial charge is 0.304 e. The maximum absolute atomic E-state index is 13.5. The van der Waals surface area contributed by atoms with Crippen LogP contribution < -0.4 is 10.6 Å². The van der Waals surface area contributed by atoms with Gasteiger partial charge in [-0.1, -0.05) is 72.8 Å². The number of aromatic nitrogens is 1. The maximum Gasteiger partial charge on any atom is 0.304 e. The number of Topliss-reactive ketones (excluding diaryl/α,β-unsaturated/α-hetero) is 1. The number of oxazole rings is 1. The fourth-order valence-corrected chi connectivity index (χ4v) is 5.64. The summed E-state index contributed by atoms with van der Waals surface area (Å²) in [6.45, 7) is 2.70. The number of para-hydroxylation sites is 1. The van der Waals surface area contributed by atoms with Crippen LogP contribution in [-0.4, -0.2) is 28.4 Å². The minimum absolute atomic E-state index is 0.00964. The van der Waals surface area contributed by atoms with Gasteiger partial charge in [0.05, 0.1) is 12.5 Å². The van der Waals surface area contributed by atoms with E-state index < -0.39 is 12.0 Å². The predicted molar refractivity (Wildman–Crippen MR) is 159 cm³/mol. The Kier molecular flexibility index (Phi) is 7.35. The molecule has 0 saturated heterocycles. The summed E-state index contributed by atoms with van der Waals surface area (Å²) >= 11 is 0. The first-order valence-electron chi connectivity index (χ1n) is 13.8. The Balaban J connectivity index is 1.21. The van der Waals surface area contributed by atoms with Crippen molar-refractivity contribution in [3.05, 3.63) is 124 Å². The number of hydrogen-bond acceptors (Lipinski definition) is 6. The number of carboxylic acid groups (broad SMARTS) is 1. The summed E-state index contributed by atoms with van der Waals surface area (Å²) < 4.78 is 5.96. The van der Waals surface area contributed by atoms with Gasteiger partial charge in [-0.2, -0.15) is 4.98 Å². The Morgan fingerprint density at radius 2 is 1.80 bits per heavy atom. The molecule has 6 rings (SSSR count). The molecule has 1 aliphatic rings. The van der Waals surface area contributed by atoms with E-state index in [1.807, 2.05) is 91.9 Å². The molecular formula is C34H31N3O4. The van der Waals surface area contributed by atoms with Crippen LogP contribution in [0.3, 0.4) is 0 Å². The second kappa shape index (κ2) is 11.4. The number of carboxylic acids is 1. The first-order valence-corrected chi connectivity index (χ1v) is 13.8. The number of aryl methyl sites for hydroxylation is 1. The molecule has 0 saturated carbocycles. The van der Waals surface area contributed by atoms with Gasteiger partial charge in [-0.05, 0) is 64.9 Å². The van der Waals surface area contributed by atoms with Gasteiger partial charge in [-0.3, -0.25) is 9.59 Å². The van der Waals surface area contributed by atoms with Gasteiger partial charge < -0.3 is 20.2 Å². The number of carbonyl (C=O) groups excluding carboxylic acids is 1. The molecule has 2 heterocycles. The van der Waals surface area contributed by atoms with Gasteiger partial charge in [-0.25, -0.2) is 0 Å². The molecule has 2 unspecified atom stereocenters. The lowest BCUT2D eigenvalue weighted by molar-refractivity contribution is -0.137. The van der Waals surface area contributed by atoms with Crippen LogP contribution in [-0.2, 0) is 22.4 Å². The van der Waals surface area contributed by atoms with Crippen molar-refractivity contribution in [2.45, 2.75) is 38.1 Å². The minimum atomic E-state index is -0.840. The largest absolute Gasteiger partial charge is 0.481 e. The van der Waals surface area contributed by atoms with Crippen LogP contribution in [0, 0.1) is 6.92 Å². The minimum Gasteiger partial charge on any atom is -0.481 e. The molecule has 0 aliphatic carbocycles. The number of hydrogen-bond donors (Lipinski definition) is 3. The Morgan fingerprint density at radius 1 is 1.00 bits per heavy atom. The van der Waals surface area contributed by atoms with Gasteiger partial charge in [0.25, 0.3) is 6.01 Å². The van der Waals surface area contributed by atoms with Gasteiger partial charge in [-0.15, -0.1) is 0 Å². The zero-order valence-electron chi connectivity index (χ0n) is 22.8. The van der Waals surface area contributed by atoms with Crippen molar-refractivity contribution in [3.8, 4) is 0 Å². The lowest BCUT2D eigenvalue weighted by Crippen LogP contribution is -2.36. The molecular weight excluding hydrogens is 514 g/mol. The average Bonchev–Trinajstić information content (AvgIpc) is 3.38. The van der Waals surface area contributed by atoms with E-state index in [9.17, 15) is 14.7 Å². The Hall–Kier alpha value is -4.75. The summed E-state index contributed by atoms with van der Waals surface area (Å²) in [6, 6.07) is 29.4. The van der Waals surface area contributed by atoms with Crippen LogP contribution in [0.15, 0.2) is 95.4 Å². The highest BCUT2D eigenvalue weighted by Crippen LogP contribution is 2.33. The quantitative estimate of drug-likeness (QED) is 0.195. The Bertz CT molecular complexity index is 1730. The van der Waals surface area contributed by atoms with Crippen molar-refractivity contribution in [3.63, 3.8) is 0 Å². The highest BCUT2D eigenvalue weighted by molar-refractivity contribution is 5.89. The molecule has 1 aromatic heterocycles. The summed E-state index contributed by atoms with van der Waals surface area (Å²) in [5.74, 6) is -1.02. The molecule has 0 amide bonds. The normalized spacial score (nSPS) is 15.3. The van der Waals surface area contributed by atoms with E-state index in [1.54, 1.807) is 0 Å². The van der Waals surface area contributed by atoms with Gasteiger partial charge in [0.15, 0.2) is 11.4 Å². The SMILES string of the molecule is Cc1ccccc1Nc1nc2ccc(CC(=O)C3NCCc4cc(C(CC(=O)O)c5ccccc5)ccc43)cc2o1. The van der Waals surface area contributed by atoms with E-state index in [0.29, 0.717) is 18.1 Å². The van der Waals surface area contributed by atoms with Crippen molar-refractivity contribution in [1.82, 2.24) is 10.3 Å². The summed E-state index contributed by atoms with van der Waals surface area (Å²) in [5, 5.41) is 16.2. The number of aliphatic carboxylic acids is 1. The molecule has 7 nitrogen and oxygen atoms in total. The number of fused-ring (bicyclic) bond motifs is 2. The third-order valence-corrected chi connectivity index (χ3v) is 7.74. The zero-order chi connectivity index (χ0) is 28.3. The number of benzene rings is 4. The summed E-state index contributed by atoms with van der Waals surface area (Å²) in [6.07, 6.45) is 1.04.